The fourth-order valence-corrected chi connectivity index (χ4v) is 3.32. The highest BCUT2D eigenvalue weighted by molar-refractivity contribution is 6.30. The van der Waals surface area contributed by atoms with Crippen molar-refractivity contribution in [2.24, 2.45) is 0 Å². The lowest BCUT2D eigenvalue weighted by Gasteiger charge is -2.23. The summed E-state index contributed by atoms with van der Waals surface area (Å²) >= 11 is 5.91. The van der Waals surface area contributed by atoms with Gasteiger partial charge in [0.15, 0.2) is 6.10 Å². The molecule has 0 aliphatic carbocycles. The van der Waals surface area contributed by atoms with Crippen LogP contribution in [0.3, 0.4) is 0 Å². The predicted octanol–water partition coefficient (Wildman–Crippen LogP) is 5.82. The lowest BCUT2D eigenvalue weighted by Crippen LogP contribution is -2.39. The molecule has 0 saturated heterocycles. The first-order chi connectivity index (χ1) is 13.3. The summed E-state index contributed by atoms with van der Waals surface area (Å²) in [6.07, 6.45) is 0.00627. The van der Waals surface area contributed by atoms with Crippen LogP contribution in [0.25, 0.3) is 0 Å². The van der Waals surface area contributed by atoms with E-state index >= 15 is 0 Å². The van der Waals surface area contributed by atoms with Gasteiger partial charge in [0.2, 0.25) is 0 Å². The van der Waals surface area contributed by atoms with Gasteiger partial charge in [0.1, 0.15) is 11.5 Å². The molecule has 0 fully saturated rings. The molecule has 0 aromatic heterocycles. The van der Waals surface area contributed by atoms with Gasteiger partial charge in [-0.2, -0.15) is 0 Å². The maximum Gasteiger partial charge on any atom is 0.261 e. The number of hydrogen-bond acceptors (Lipinski definition) is 3. The number of methoxy groups -OCH3 is 1. The average molecular weight is 404 g/mol. The minimum Gasteiger partial charge on any atom is -0.496 e. The van der Waals surface area contributed by atoms with Crippen molar-refractivity contribution < 1.29 is 14.3 Å². The summed E-state index contributed by atoms with van der Waals surface area (Å²) in [5.74, 6) is 1.70. The number of carbonyl (C=O) groups excluding carboxylic acids is 1. The Kier molecular flexibility index (Phi) is 7.76. The van der Waals surface area contributed by atoms with Crippen LogP contribution in [0.15, 0.2) is 36.4 Å². The molecule has 28 heavy (non-hydrogen) atoms. The number of nitrogens with one attached hydrogen (secondary N) is 1. The van der Waals surface area contributed by atoms with Gasteiger partial charge in [-0.3, -0.25) is 4.79 Å². The molecule has 4 nitrogen and oxygen atoms in total. The smallest absolute Gasteiger partial charge is 0.261 e. The van der Waals surface area contributed by atoms with Crippen molar-refractivity contribution in [1.29, 1.82) is 0 Å². The van der Waals surface area contributed by atoms with Crippen molar-refractivity contribution in [3.8, 4) is 11.5 Å². The van der Waals surface area contributed by atoms with Crippen LogP contribution in [0.2, 0.25) is 5.02 Å². The Morgan fingerprint density at radius 1 is 1.11 bits per heavy atom. The highest BCUT2D eigenvalue weighted by atomic mass is 35.5. The largest absolute Gasteiger partial charge is 0.496 e. The Bertz CT molecular complexity index is 802. The Morgan fingerprint density at radius 2 is 1.75 bits per heavy atom. The molecule has 1 amide bonds. The highest BCUT2D eigenvalue weighted by Crippen LogP contribution is 2.32. The molecule has 2 aromatic carbocycles. The molecule has 0 heterocycles. The number of halogens is 1. The Hall–Kier alpha value is -2.20. The standard InChI is InChI=1S/C23H30ClNO3/c1-7-21(28-18-10-8-17(24)9-11-18)23(26)25-16(5)20-13-19(14(2)3)22(27-6)12-15(20)4/h8-14,16,21H,7H2,1-6H3,(H,25,26)/t16-,21+/m1/s1. The van der Waals surface area contributed by atoms with Gasteiger partial charge in [-0.1, -0.05) is 32.4 Å². The second-order valence-electron chi connectivity index (χ2n) is 7.30. The van der Waals surface area contributed by atoms with E-state index in [1.54, 1.807) is 31.4 Å². The van der Waals surface area contributed by atoms with Gasteiger partial charge >= 0.3 is 0 Å². The summed E-state index contributed by atoms with van der Waals surface area (Å²) in [6, 6.07) is 11.1. The van der Waals surface area contributed by atoms with E-state index in [1.807, 2.05) is 26.8 Å². The zero-order valence-corrected chi connectivity index (χ0v) is 18.3. The first-order valence-electron chi connectivity index (χ1n) is 9.67. The Labute approximate surface area is 173 Å². The molecule has 1 N–H and O–H groups in total. The number of aryl methyl sites for hydroxylation is 1. The van der Waals surface area contributed by atoms with E-state index in [-0.39, 0.29) is 11.9 Å². The molecule has 0 radical (unpaired) electrons. The summed E-state index contributed by atoms with van der Waals surface area (Å²) in [5.41, 5.74) is 3.30. The lowest BCUT2D eigenvalue weighted by molar-refractivity contribution is -0.128. The Balaban J connectivity index is 2.15. The summed E-state index contributed by atoms with van der Waals surface area (Å²) in [5, 5.41) is 3.73. The molecule has 152 valence electrons. The molecule has 0 saturated carbocycles. The SMILES string of the molecule is CC[C@H](Oc1ccc(Cl)cc1)C(=O)N[C@H](C)c1cc(C(C)C)c(OC)cc1C. The van der Waals surface area contributed by atoms with E-state index in [2.05, 4.69) is 25.2 Å². The zero-order valence-electron chi connectivity index (χ0n) is 17.5. The first-order valence-corrected chi connectivity index (χ1v) is 10.1. The van der Waals surface area contributed by atoms with Gasteiger partial charge in [-0.05, 0) is 79.3 Å². The fraction of sp³-hybridized carbons (Fsp3) is 0.435. The Morgan fingerprint density at radius 3 is 2.29 bits per heavy atom. The van der Waals surface area contributed by atoms with Crippen LogP contribution in [0, 0.1) is 6.92 Å². The summed E-state index contributed by atoms with van der Waals surface area (Å²) in [6.45, 7) is 10.2. The van der Waals surface area contributed by atoms with Crippen molar-refractivity contribution in [2.45, 2.75) is 59.1 Å². The molecule has 0 unspecified atom stereocenters. The van der Waals surface area contributed by atoms with Gasteiger partial charge in [-0.25, -0.2) is 0 Å². The van der Waals surface area contributed by atoms with Crippen molar-refractivity contribution in [3.63, 3.8) is 0 Å². The molecule has 0 aliphatic heterocycles. The molecule has 0 spiro atoms. The summed E-state index contributed by atoms with van der Waals surface area (Å²) < 4.78 is 11.4. The third-order valence-corrected chi connectivity index (χ3v) is 5.07. The summed E-state index contributed by atoms with van der Waals surface area (Å²) in [4.78, 5) is 12.8. The lowest BCUT2D eigenvalue weighted by atomic mass is 9.93. The number of amides is 1. The maximum absolute atomic E-state index is 12.8. The van der Waals surface area contributed by atoms with Crippen LogP contribution in [0.4, 0.5) is 0 Å². The number of ether oxygens (including phenoxy) is 2. The van der Waals surface area contributed by atoms with Crippen molar-refractivity contribution in [1.82, 2.24) is 5.32 Å². The third kappa shape index (κ3) is 5.41. The van der Waals surface area contributed by atoms with Crippen LogP contribution in [-0.2, 0) is 4.79 Å². The molecule has 2 aromatic rings. The second kappa shape index (κ2) is 9.83. The zero-order chi connectivity index (χ0) is 20.8. The molecule has 2 atom stereocenters. The van der Waals surface area contributed by atoms with Crippen LogP contribution >= 0.6 is 11.6 Å². The molecule has 5 heteroatoms. The van der Waals surface area contributed by atoms with E-state index in [0.29, 0.717) is 23.1 Å². The van der Waals surface area contributed by atoms with Crippen molar-refractivity contribution >= 4 is 17.5 Å². The van der Waals surface area contributed by atoms with E-state index in [9.17, 15) is 4.79 Å². The number of benzene rings is 2. The van der Waals surface area contributed by atoms with Crippen LogP contribution in [-0.4, -0.2) is 19.1 Å². The average Bonchev–Trinajstić information content (AvgIpc) is 2.66. The van der Waals surface area contributed by atoms with Crippen LogP contribution in [0.5, 0.6) is 11.5 Å². The number of carbonyl (C=O) groups is 1. The number of hydrogen-bond donors (Lipinski definition) is 1. The second-order valence-corrected chi connectivity index (χ2v) is 7.74. The van der Waals surface area contributed by atoms with E-state index in [4.69, 9.17) is 21.1 Å². The van der Waals surface area contributed by atoms with Gasteiger partial charge in [0.05, 0.1) is 13.2 Å². The number of rotatable bonds is 8. The molecule has 0 bridgehead atoms. The first kappa shape index (κ1) is 22.1. The quantitative estimate of drug-likeness (QED) is 0.604. The molecular formula is C23H30ClNO3. The van der Waals surface area contributed by atoms with E-state index in [0.717, 1.165) is 22.4 Å². The fourth-order valence-electron chi connectivity index (χ4n) is 3.19. The third-order valence-electron chi connectivity index (χ3n) is 4.82. The molecule has 2 rings (SSSR count). The van der Waals surface area contributed by atoms with Gasteiger partial charge in [0, 0.05) is 5.02 Å². The van der Waals surface area contributed by atoms with Crippen molar-refractivity contribution in [2.75, 3.05) is 7.11 Å². The van der Waals surface area contributed by atoms with Gasteiger partial charge < -0.3 is 14.8 Å². The van der Waals surface area contributed by atoms with Crippen LogP contribution < -0.4 is 14.8 Å². The predicted molar refractivity (Wildman–Crippen MR) is 115 cm³/mol. The van der Waals surface area contributed by atoms with Gasteiger partial charge in [-0.15, -0.1) is 0 Å². The summed E-state index contributed by atoms with van der Waals surface area (Å²) in [7, 11) is 1.69. The van der Waals surface area contributed by atoms with E-state index < -0.39 is 6.10 Å². The van der Waals surface area contributed by atoms with E-state index in [1.165, 1.54) is 0 Å². The van der Waals surface area contributed by atoms with Gasteiger partial charge in [0.25, 0.3) is 5.91 Å². The minimum atomic E-state index is -0.563. The normalized spacial score (nSPS) is 13.1. The minimum absolute atomic E-state index is 0.133. The monoisotopic (exact) mass is 403 g/mol. The maximum atomic E-state index is 12.8. The van der Waals surface area contributed by atoms with Crippen LogP contribution in [0.1, 0.15) is 62.8 Å². The highest BCUT2D eigenvalue weighted by Gasteiger charge is 2.22. The van der Waals surface area contributed by atoms with Crippen molar-refractivity contribution in [3.05, 3.63) is 58.1 Å². The molecular weight excluding hydrogens is 374 g/mol. The topological polar surface area (TPSA) is 47.6 Å². The molecule has 0 aliphatic rings.